The van der Waals surface area contributed by atoms with E-state index in [2.05, 4.69) is 0 Å². The molecule has 0 heterocycles. The Balaban J connectivity index is 6.13. The molecule has 0 aromatic carbocycles. The highest BCUT2D eigenvalue weighted by Gasteiger charge is 2.89. The average Bonchev–Trinajstić information content (AvgIpc) is 2.11. The van der Waals surface area contributed by atoms with Gasteiger partial charge in [0, 0.05) is 0 Å². The largest absolute Gasteiger partial charge is 0.460 e. The van der Waals surface area contributed by atoms with Crippen molar-refractivity contribution >= 4 is 0 Å². The minimum atomic E-state index is -7.66. The molecule has 0 radical (unpaired) electrons. The smallest absolute Gasteiger partial charge is 0.256 e. The fraction of sp³-hybridized carbons (Fsp3) is 1.00. The first-order valence-electron chi connectivity index (χ1n) is 3.83. The van der Waals surface area contributed by atoms with E-state index in [4.69, 9.17) is 0 Å². The number of nitrogens with zero attached hydrogens (tertiary/aromatic N) is 1. The predicted octanol–water partition coefficient (Wildman–Crippen LogP) is 3.26. The van der Waals surface area contributed by atoms with Crippen LogP contribution in [0.3, 0.4) is 0 Å². The Labute approximate surface area is 99.7 Å². The van der Waals surface area contributed by atoms with Crippen molar-refractivity contribution < 1.29 is 58.2 Å². The molecular weight excluding hydrogens is 331 g/mol. The summed E-state index contributed by atoms with van der Waals surface area (Å²) in [5.41, 5.74) is 0. The van der Waals surface area contributed by atoms with Crippen LogP contribution < -0.4 is 0 Å². The third-order valence-corrected chi connectivity index (χ3v) is 1.72. The van der Waals surface area contributed by atoms with Crippen LogP contribution >= 0.6 is 0 Å². The highest BCUT2D eigenvalue weighted by Crippen LogP contribution is 2.57. The second kappa shape index (κ2) is 4.47. The first-order chi connectivity index (χ1) is 8.42. The maximum atomic E-state index is 12.8. The maximum Gasteiger partial charge on any atom is 0.460 e. The van der Waals surface area contributed by atoms with Gasteiger partial charge >= 0.3 is 30.1 Å². The Morgan fingerprint density at radius 1 is 0.700 bits per heavy atom. The Hall–Kier alpha value is -1.57. The molecule has 0 aliphatic carbocycles. The van der Waals surface area contributed by atoms with Gasteiger partial charge in [-0.3, -0.25) is 4.84 Å². The number of alkyl halides is 11. The Morgan fingerprint density at radius 3 is 1.25 bits per heavy atom. The van der Waals surface area contributed by atoms with Crippen LogP contribution in [0.4, 0.5) is 48.3 Å². The van der Waals surface area contributed by atoms with Crippen LogP contribution in [0.25, 0.3) is 0 Å². The molecule has 0 aromatic heterocycles. The molecular formula is C5F11NO3. The van der Waals surface area contributed by atoms with Crippen molar-refractivity contribution in [3.63, 3.8) is 0 Å². The van der Waals surface area contributed by atoms with E-state index in [9.17, 15) is 58.4 Å². The zero-order valence-electron chi connectivity index (χ0n) is 8.33. The summed E-state index contributed by atoms with van der Waals surface area (Å²) in [5.74, 6) is -22.5. The molecule has 4 nitrogen and oxygen atoms in total. The Morgan fingerprint density at radius 2 is 1.05 bits per heavy atom. The SMILES string of the molecule is O=[N+]([O-])OC(F)(C(F)(F)F)C(F)(F)C(F)(F)C(F)(F)F. The molecule has 0 bridgehead atoms. The average molecular weight is 331 g/mol. The van der Waals surface area contributed by atoms with Crippen LogP contribution in [0.5, 0.6) is 0 Å². The van der Waals surface area contributed by atoms with Gasteiger partial charge in [-0.2, -0.15) is 48.3 Å². The molecule has 120 valence electrons. The minimum Gasteiger partial charge on any atom is -0.256 e. The molecule has 0 fully saturated rings. The van der Waals surface area contributed by atoms with E-state index in [1.165, 1.54) is 0 Å². The molecule has 15 heteroatoms. The third-order valence-electron chi connectivity index (χ3n) is 1.72. The van der Waals surface area contributed by atoms with E-state index in [0.29, 0.717) is 0 Å². The third kappa shape index (κ3) is 2.52. The summed E-state index contributed by atoms with van der Waals surface area (Å²) in [6.45, 7) is 0. The topological polar surface area (TPSA) is 52.4 Å². The highest BCUT2D eigenvalue weighted by atomic mass is 19.4. The normalized spacial score (nSPS) is 17.6. The van der Waals surface area contributed by atoms with Gasteiger partial charge in [0.25, 0.3) is 5.09 Å². The lowest BCUT2D eigenvalue weighted by Gasteiger charge is -2.37. The van der Waals surface area contributed by atoms with Crippen LogP contribution in [0, 0.1) is 10.1 Å². The lowest BCUT2D eigenvalue weighted by Crippen LogP contribution is -2.68. The van der Waals surface area contributed by atoms with Gasteiger partial charge in [-0.25, -0.2) is 0 Å². The van der Waals surface area contributed by atoms with Crippen LogP contribution in [0.1, 0.15) is 0 Å². The van der Waals surface area contributed by atoms with Gasteiger partial charge in [-0.05, 0) is 0 Å². The standard InChI is InChI=1S/C5F11NO3/c6-1(7,2(8,9)4(11,12)13)3(10,5(14,15)16)20-17(18)19. The number of hydrogen-bond donors (Lipinski definition) is 0. The van der Waals surface area contributed by atoms with E-state index in [-0.39, 0.29) is 0 Å². The van der Waals surface area contributed by atoms with Crippen molar-refractivity contribution in [1.29, 1.82) is 0 Å². The molecule has 0 N–H and O–H groups in total. The number of rotatable bonds is 4. The van der Waals surface area contributed by atoms with Gasteiger partial charge in [-0.1, -0.05) is 0 Å². The fourth-order valence-corrected chi connectivity index (χ4v) is 0.770. The molecule has 0 aliphatic rings. The van der Waals surface area contributed by atoms with Crippen molar-refractivity contribution in [2.75, 3.05) is 0 Å². The van der Waals surface area contributed by atoms with Gasteiger partial charge in [-0.15, -0.1) is 10.1 Å². The molecule has 0 rings (SSSR count). The van der Waals surface area contributed by atoms with Crippen LogP contribution in [0.15, 0.2) is 0 Å². The molecule has 0 amide bonds. The quantitative estimate of drug-likeness (QED) is 0.451. The van der Waals surface area contributed by atoms with E-state index in [1.807, 2.05) is 0 Å². The summed E-state index contributed by atoms with van der Waals surface area (Å²) >= 11 is 0. The van der Waals surface area contributed by atoms with E-state index in [0.717, 1.165) is 0 Å². The van der Waals surface area contributed by atoms with Gasteiger partial charge in [0.1, 0.15) is 0 Å². The Kier molecular flexibility index (Phi) is 4.12. The van der Waals surface area contributed by atoms with Gasteiger partial charge < -0.3 is 0 Å². The predicted molar refractivity (Wildman–Crippen MR) is 33.9 cm³/mol. The molecule has 0 aromatic rings. The minimum absolute atomic E-state index is 1.75. The van der Waals surface area contributed by atoms with Crippen molar-refractivity contribution in [2.24, 2.45) is 0 Å². The van der Waals surface area contributed by atoms with Crippen molar-refractivity contribution in [1.82, 2.24) is 0 Å². The van der Waals surface area contributed by atoms with Crippen molar-refractivity contribution in [3.05, 3.63) is 10.1 Å². The van der Waals surface area contributed by atoms with E-state index < -0.39 is 35.1 Å². The molecule has 0 saturated carbocycles. The molecule has 0 spiro atoms. The second-order valence-electron chi connectivity index (χ2n) is 3.05. The van der Waals surface area contributed by atoms with Crippen LogP contribution in [0.2, 0.25) is 0 Å². The summed E-state index contributed by atoms with van der Waals surface area (Å²) in [7, 11) is 0. The zero-order valence-corrected chi connectivity index (χ0v) is 8.33. The fourth-order valence-electron chi connectivity index (χ4n) is 0.770. The summed E-state index contributed by atoms with van der Waals surface area (Å²) in [4.78, 5) is 11.2. The second-order valence-corrected chi connectivity index (χ2v) is 3.05. The summed E-state index contributed by atoms with van der Waals surface area (Å²) in [6.07, 6.45) is -14.6. The lowest BCUT2D eigenvalue weighted by molar-refractivity contribution is -0.811. The van der Waals surface area contributed by atoms with E-state index in [1.54, 1.807) is 4.84 Å². The first kappa shape index (κ1) is 18.4. The van der Waals surface area contributed by atoms with Crippen molar-refractivity contribution in [3.8, 4) is 0 Å². The monoisotopic (exact) mass is 331 g/mol. The van der Waals surface area contributed by atoms with Gasteiger partial charge in [0.2, 0.25) is 0 Å². The summed E-state index contributed by atoms with van der Waals surface area (Å²) < 4.78 is 133. The molecule has 1 atom stereocenters. The van der Waals surface area contributed by atoms with Gasteiger partial charge in [0.15, 0.2) is 0 Å². The molecule has 0 aliphatic heterocycles. The first-order valence-corrected chi connectivity index (χ1v) is 3.83. The van der Waals surface area contributed by atoms with Gasteiger partial charge in [0.05, 0.1) is 0 Å². The molecule has 0 saturated heterocycles. The molecule has 1 unspecified atom stereocenters. The van der Waals surface area contributed by atoms with Crippen LogP contribution in [-0.2, 0) is 4.84 Å². The summed E-state index contributed by atoms with van der Waals surface area (Å²) in [5, 5.41) is 6.55. The van der Waals surface area contributed by atoms with Crippen molar-refractivity contribution in [2.45, 2.75) is 30.1 Å². The highest BCUT2D eigenvalue weighted by molar-refractivity contribution is 5.03. The van der Waals surface area contributed by atoms with Crippen LogP contribution in [-0.4, -0.2) is 35.1 Å². The number of hydrogen-bond acceptors (Lipinski definition) is 3. The maximum absolute atomic E-state index is 12.8. The lowest BCUT2D eigenvalue weighted by atomic mass is 10.0. The Bertz CT molecular complexity index is 387. The zero-order chi connectivity index (χ0) is 16.8. The molecule has 20 heavy (non-hydrogen) atoms. The number of halogens is 11. The van der Waals surface area contributed by atoms with E-state index >= 15 is 0 Å². The summed E-state index contributed by atoms with van der Waals surface area (Å²) in [6, 6.07) is 0.